The van der Waals surface area contributed by atoms with Gasteiger partial charge < -0.3 is 24.8 Å². The van der Waals surface area contributed by atoms with Crippen LogP contribution in [0.5, 0.6) is 11.5 Å². The average molecular weight is 418 g/mol. The van der Waals surface area contributed by atoms with Gasteiger partial charge in [0.05, 0.1) is 22.9 Å². The molecule has 0 aromatic heterocycles. The molecule has 1 fully saturated rings. The number of hydrogen-bond acceptors (Lipinski definition) is 7. The molecule has 0 unspecified atom stereocenters. The number of rotatable bonds is 6. The van der Waals surface area contributed by atoms with Crippen LogP contribution < -0.4 is 9.47 Å². The number of ether oxygens (including phenoxy) is 2. The van der Waals surface area contributed by atoms with Crippen molar-refractivity contribution in [3.8, 4) is 11.5 Å². The van der Waals surface area contributed by atoms with Crippen LogP contribution in [0.1, 0.15) is 85.6 Å². The number of carbonyl (C=O) groups excluding carboxylic acids is 2. The van der Waals surface area contributed by atoms with Crippen LogP contribution in [0.3, 0.4) is 0 Å². The van der Waals surface area contributed by atoms with Gasteiger partial charge in [-0.2, -0.15) is 0 Å². The highest BCUT2D eigenvalue weighted by molar-refractivity contribution is 5.95. The van der Waals surface area contributed by atoms with Crippen LogP contribution in [-0.2, 0) is 0 Å². The van der Waals surface area contributed by atoms with Crippen LogP contribution in [0.15, 0.2) is 6.07 Å². The Bertz CT molecular complexity index is 885. The molecule has 0 spiro atoms. The fraction of sp³-hybridized carbons (Fsp3) is 0.652. The molecular weight excluding hydrogens is 388 g/mol. The van der Waals surface area contributed by atoms with Crippen molar-refractivity contribution in [2.75, 3.05) is 0 Å². The number of aldehydes is 2. The summed E-state index contributed by atoms with van der Waals surface area (Å²) in [6.45, 7) is 6.85. The second kappa shape index (κ2) is 6.77. The summed E-state index contributed by atoms with van der Waals surface area (Å²) in [7, 11) is 0. The summed E-state index contributed by atoms with van der Waals surface area (Å²) in [5.41, 5.74) is -1.87. The lowest BCUT2D eigenvalue weighted by atomic mass is 9.60. The SMILES string of the molecule is CC(C)(O)[C@@H](O)CC[C@]1(C)Oc2cc(C=O)c(C=O)c3c2[C@H]2[C@@H](O3)[C@@](C)(O)CC[C@H]21. The van der Waals surface area contributed by atoms with E-state index < -0.39 is 29.0 Å². The van der Waals surface area contributed by atoms with Crippen LogP contribution in [0, 0.1) is 5.92 Å². The molecule has 7 heteroatoms. The summed E-state index contributed by atoms with van der Waals surface area (Å²) in [5, 5.41) is 31.5. The lowest BCUT2D eigenvalue weighted by Gasteiger charge is -2.52. The van der Waals surface area contributed by atoms with E-state index in [1.54, 1.807) is 26.8 Å². The summed E-state index contributed by atoms with van der Waals surface area (Å²) in [4.78, 5) is 23.3. The second-order valence-electron chi connectivity index (χ2n) is 10.0. The monoisotopic (exact) mass is 418 g/mol. The van der Waals surface area contributed by atoms with Gasteiger partial charge in [-0.1, -0.05) is 0 Å². The average Bonchev–Trinajstić information content (AvgIpc) is 3.07. The fourth-order valence-corrected chi connectivity index (χ4v) is 5.50. The molecule has 1 aliphatic carbocycles. The van der Waals surface area contributed by atoms with Gasteiger partial charge in [-0.15, -0.1) is 0 Å². The molecule has 0 saturated heterocycles. The van der Waals surface area contributed by atoms with E-state index >= 15 is 0 Å². The highest BCUT2D eigenvalue weighted by atomic mass is 16.5. The normalized spacial score (nSPS) is 35.1. The summed E-state index contributed by atoms with van der Waals surface area (Å²) >= 11 is 0. The molecule has 2 aliphatic heterocycles. The molecule has 164 valence electrons. The summed E-state index contributed by atoms with van der Waals surface area (Å²) in [6, 6.07) is 1.57. The zero-order valence-electron chi connectivity index (χ0n) is 17.8. The highest BCUT2D eigenvalue weighted by Crippen LogP contribution is 2.62. The van der Waals surface area contributed by atoms with Crippen LogP contribution in [0.4, 0.5) is 0 Å². The van der Waals surface area contributed by atoms with Crippen molar-refractivity contribution in [1.29, 1.82) is 0 Å². The van der Waals surface area contributed by atoms with E-state index in [2.05, 4.69) is 0 Å². The third-order valence-electron chi connectivity index (χ3n) is 7.37. The Hall–Kier alpha value is -1.96. The summed E-state index contributed by atoms with van der Waals surface area (Å²) in [6.07, 6.45) is 1.77. The van der Waals surface area contributed by atoms with E-state index in [0.29, 0.717) is 49.8 Å². The van der Waals surface area contributed by atoms with Gasteiger partial charge in [-0.3, -0.25) is 9.59 Å². The minimum Gasteiger partial charge on any atom is -0.487 e. The third-order valence-corrected chi connectivity index (χ3v) is 7.37. The number of benzene rings is 1. The van der Waals surface area contributed by atoms with Gasteiger partial charge in [0, 0.05) is 23.0 Å². The topological polar surface area (TPSA) is 113 Å². The van der Waals surface area contributed by atoms with Gasteiger partial charge >= 0.3 is 0 Å². The molecule has 1 saturated carbocycles. The largest absolute Gasteiger partial charge is 0.487 e. The first kappa shape index (κ1) is 21.3. The molecule has 3 N–H and O–H groups in total. The number of aliphatic hydroxyl groups is 3. The molecule has 1 aromatic rings. The Morgan fingerprint density at radius 2 is 2.00 bits per heavy atom. The highest BCUT2D eigenvalue weighted by Gasteiger charge is 2.61. The van der Waals surface area contributed by atoms with Crippen LogP contribution >= 0.6 is 0 Å². The zero-order chi connectivity index (χ0) is 22.1. The molecule has 7 nitrogen and oxygen atoms in total. The van der Waals surface area contributed by atoms with Gasteiger partial charge in [0.2, 0.25) is 0 Å². The van der Waals surface area contributed by atoms with Gasteiger partial charge in [0.1, 0.15) is 23.2 Å². The summed E-state index contributed by atoms with van der Waals surface area (Å²) < 4.78 is 12.6. The van der Waals surface area contributed by atoms with Crippen molar-refractivity contribution in [2.24, 2.45) is 5.92 Å². The first-order valence-corrected chi connectivity index (χ1v) is 10.5. The Morgan fingerprint density at radius 1 is 1.30 bits per heavy atom. The second-order valence-corrected chi connectivity index (χ2v) is 10.0. The molecule has 4 rings (SSSR count). The molecule has 6 atom stereocenters. The van der Waals surface area contributed by atoms with E-state index in [9.17, 15) is 24.9 Å². The minimum absolute atomic E-state index is 0.00735. The minimum atomic E-state index is -1.23. The standard InChI is InChI=1S/C23H30O7/c1-21(2,27)16(26)6-8-23(4)14-5-7-22(3,28)20-17(14)18-15(30-23)9-12(10-24)13(11-25)19(18)29-20/h9-11,14,16-17,20,26-28H,5-8H2,1-4H3/t14-,16+,17+,20-,22+,23+/m1/s1. The van der Waals surface area contributed by atoms with Crippen molar-refractivity contribution in [3.05, 3.63) is 22.8 Å². The molecule has 3 aliphatic rings. The smallest absolute Gasteiger partial charge is 0.154 e. The third kappa shape index (κ3) is 3.06. The number of aliphatic hydroxyl groups excluding tert-OH is 1. The van der Waals surface area contributed by atoms with Crippen molar-refractivity contribution in [3.63, 3.8) is 0 Å². The Labute approximate surface area is 176 Å². The van der Waals surface area contributed by atoms with E-state index in [1.165, 1.54) is 0 Å². The first-order valence-electron chi connectivity index (χ1n) is 10.5. The van der Waals surface area contributed by atoms with Crippen molar-refractivity contribution in [2.45, 2.75) is 88.3 Å². The predicted molar refractivity (Wildman–Crippen MR) is 108 cm³/mol. The maximum Gasteiger partial charge on any atom is 0.154 e. The lowest BCUT2D eigenvalue weighted by molar-refractivity contribution is -0.130. The quantitative estimate of drug-likeness (QED) is 0.608. The van der Waals surface area contributed by atoms with Crippen molar-refractivity contribution < 1.29 is 34.4 Å². The summed E-state index contributed by atoms with van der Waals surface area (Å²) in [5.74, 6) is 0.632. The Balaban J connectivity index is 1.80. The van der Waals surface area contributed by atoms with Crippen molar-refractivity contribution >= 4 is 12.6 Å². The number of carbonyl (C=O) groups is 2. The van der Waals surface area contributed by atoms with Crippen LogP contribution in [-0.4, -0.2) is 56.9 Å². The van der Waals surface area contributed by atoms with Gasteiger partial charge in [-0.25, -0.2) is 0 Å². The van der Waals surface area contributed by atoms with Crippen molar-refractivity contribution in [1.82, 2.24) is 0 Å². The van der Waals surface area contributed by atoms with E-state index in [4.69, 9.17) is 9.47 Å². The Kier molecular flexibility index (Phi) is 4.80. The van der Waals surface area contributed by atoms with Crippen LogP contribution in [0.25, 0.3) is 0 Å². The van der Waals surface area contributed by atoms with E-state index in [1.807, 2.05) is 6.92 Å². The van der Waals surface area contributed by atoms with E-state index in [-0.39, 0.29) is 23.0 Å². The Morgan fingerprint density at radius 3 is 2.60 bits per heavy atom. The molecule has 1 aromatic carbocycles. The molecule has 0 bridgehead atoms. The molecule has 2 heterocycles. The van der Waals surface area contributed by atoms with Gasteiger partial charge in [0.25, 0.3) is 0 Å². The maximum absolute atomic E-state index is 11.7. The fourth-order valence-electron chi connectivity index (χ4n) is 5.50. The molecular formula is C23H30O7. The number of hydrogen-bond donors (Lipinski definition) is 3. The maximum atomic E-state index is 11.7. The molecule has 0 radical (unpaired) electrons. The van der Waals surface area contributed by atoms with Crippen LogP contribution in [0.2, 0.25) is 0 Å². The van der Waals surface area contributed by atoms with E-state index in [0.717, 1.165) is 5.56 Å². The zero-order valence-corrected chi connectivity index (χ0v) is 17.8. The predicted octanol–water partition coefficient (Wildman–Crippen LogP) is 2.38. The lowest BCUT2D eigenvalue weighted by Crippen LogP contribution is -2.58. The van der Waals surface area contributed by atoms with Gasteiger partial charge in [-0.05, 0) is 59.4 Å². The molecule has 30 heavy (non-hydrogen) atoms. The van der Waals surface area contributed by atoms with Gasteiger partial charge in [0.15, 0.2) is 12.6 Å². The first-order chi connectivity index (χ1) is 13.9. The molecule has 0 amide bonds.